The maximum absolute atomic E-state index is 13.0. The molecule has 1 saturated heterocycles. The fourth-order valence-electron chi connectivity index (χ4n) is 2.41. The van der Waals surface area contributed by atoms with E-state index in [0.29, 0.717) is 17.8 Å². The number of nitrogen functional groups attached to an aromatic ring is 1. The maximum Gasteiger partial charge on any atom is 0.125 e. The van der Waals surface area contributed by atoms with Crippen LogP contribution in [-0.4, -0.2) is 37.1 Å². The zero-order valence-corrected chi connectivity index (χ0v) is 10.7. The van der Waals surface area contributed by atoms with Crippen LogP contribution in [0.3, 0.4) is 0 Å². The monoisotopic (exact) mass is 237 g/mol. The number of anilines is 2. The van der Waals surface area contributed by atoms with Crippen LogP contribution in [0.2, 0.25) is 0 Å². The van der Waals surface area contributed by atoms with Gasteiger partial charge >= 0.3 is 0 Å². The molecule has 2 N–H and O–H groups in total. The molecule has 1 fully saturated rings. The maximum atomic E-state index is 13.0. The van der Waals surface area contributed by atoms with Gasteiger partial charge in [-0.3, -0.25) is 4.90 Å². The minimum absolute atomic E-state index is 0.276. The molecule has 1 aromatic rings. The zero-order valence-electron chi connectivity index (χ0n) is 10.7. The van der Waals surface area contributed by atoms with Gasteiger partial charge in [-0.25, -0.2) is 4.39 Å². The average molecular weight is 237 g/mol. The Bertz CT molecular complexity index is 396. The highest BCUT2D eigenvalue weighted by Gasteiger charge is 2.27. The van der Waals surface area contributed by atoms with Gasteiger partial charge in [0.1, 0.15) is 5.82 Å². The summed E-state index contributed by atoms with van der Waals surface area (Å²) in [7, 11) is 2.14. The average Bonchev–Trinajstić information content (AvgIpc) is 2.25. The second-order valence-electron chi connectivity index (χ2n) is 4.97. The first kappa shape index (κ1) is 12.2. The first-order chi connectivity index (χ1) is 7.99. The first-order valence-electron chi connectivity index (χ1n) is 6.01. The van der Waals surface area contributed by atoms with Crippen LogP contribution < -0.4 is 10.6 Å². The number of nitrogens with two attached hydrogens (primary N) is 1. The van der Waals surface area contributed by atoms with Gasteiger partial charge in [0, 0.05) is 25.2 Å². The Labute approximate surface area is 102 Å². The molecular formula is C13H20FN3. The van der Waals surface area contributed by atoms with Crippen LogP contribution in [0.4, 0.5) is 15.8 Å². The van der Waals surface area contributed by atoms with Gasteiger partial charge in [0.2, 0.25) is 0 Å². The summed E-state index contributed by atoms with van der Waals surface area (Å²) in [5, 5.41) is 0. The van der Waals surface area contributed by atoms with Crippen molar-refractivity contribution in [2.75, 3.05) is 30.8 Å². The number of piperazine rings is 1. The number of likely N-dealkylation sites (N-methyl/N-ethyl adjacent to an activating group) is 1. The number of halogens is 1. The predicted octanol–water partition coefficient (Wildman–Crippen LogP) is 1.94. The Balaban J connectivity index is 2.23. The quantitative estimate of drug-likeness (QED) is 0.758. The Morgan fingerprint density at radius 2 is 1.82 bits per heavy atom. The van der Waals surface area contributed by atoms with E-state index in [1.165, 1.54) is 12.1 Å². The molecule has 0 aliphatic carbocycles. The topological polar surface area (TPSA) is 32.5 Å². The van der Waals surface area contributed by atoms with E-state index in [4.69, 9.17) is 5.73 Å². The van der Waals surface area contributed by atoms with E-state index in [9.17, 15) is 4.39 Å². The molecule has 2 atom stereocenters. The van der Waals surface area contributed by atoms with E-state index in [0.717, 1.165) is 18.8 Å². The lowest BCUT2D eigenvalue weighted by Crippen LogP contribution is -2.55. The van der Waals surface area contributed by atoms with E-state index in [1.807, 2.05) is 0 Å². The van der Waals surface area contributed by atoms with Crippen molar-refractivity contribution in [3.8, 4) is 0 Å². The second kappa shape index (κ2) is 4.53. The van der Waals surface area contributed by atoms with E-state index < -0.39 is 0 Å². The second-order valence-corrected chi connectivity index (χ2v) is 4.97. The third kappa shape index (κ3) is 2.36. The molecule has 2 rings (SSSR count). The molecule has 0 bridgehead atoms. The minimum atomic E-state index is -0.276. The minimum Gasteiger partial charge on any atom is -0.397 e. The predicted molar refractivity (Wildman–Crippen MR) is 69.7 cm³/mol. The number of nitrogens with zero attached hydrogens (tertiary/aromatic N) is 2. The molecule has 1 aromatic carbocycles. The number of rotatable bonds is 1. The molecule has 0 saturated carbocycles. The SMILES string of the molecule is CC1CN(c2ccc(F)cc2N)CC(C)N1C. The van der Waals surface area contributed by atoms with Crippen molar-refractivity contribution in [1.82, 2.24) is 4.90 Å². The van der Waals surface area contributed by atoms with Crippen LogP contribution in [0, 0.1) is 5.82 Å². The van der Waals surface area contributed by atoms with Crippen molar-refractivity contribution < 1.29 is 4.39 Å². The normalized spacial score (nSPS) is 26.2. The summed E-state index contributed by atoms with van der Waals surface area (Å²) in [6.07, 6.45) is 0. The van der Waals surface area contributed by atoms with E-state index in [-0.39, 0.29) is 5.82 Å². The molecule has 1 heterocycles. The number of hydrogen-bond acceptors (Lipinski definition) is 3. The molecule has 4 heteroatoms. The molecule has 0 aromatic heterocycles. The molecule has 17 heavy (non-hydrogen) atoms. The van der Waals surface area contributed by atoms with E-state index >= 15 is 0 Å². The zero-order chi connectivity index (χ0) is 12.6. The highest BCUT2D eigenvalue weighted by Crippen LogP contribution is 2.27. The van der Waals surface area contributed by atoms with Crippen LogP contribution in [0.25, 0.3) is 0 Å². The first-order valence-corrected chi connectivity index (χ1v) is 6.01. The summed E-state index contributed by atoms with van der Waals surface area (Å²) in [5.41, 5.74) is 7.35. The van der Waals surface area contributed by atoms with Crippen molar-refractivity contribution >= 4 is 11.4 Å². The smallest absolute Gasteiger partial charge is 0.125 e. The van der Waals surface area contributed by atoms with Gasteiger partial charge in [-0.1, -0.05) is 0 Å². The number of benzene rings is 1. The Morgan fingerprint density at radius 1 is 1.24 bits per heavy atom. The van der Waals surface area contributed by atoms with E-state index in [2.05, 4.69) is 30.7 Å². The van der Waals surface area contributed by atoms with Crippen LogP contribution >= 0.6 is 0 Å². The molecule has 3 nitrogen and oxygen atoms in total. The molecule has 1 aliphatic heterocycles. The fraction of sp³-hybridized carbons (Fsp3) is 0.538. The lowest BCUT2D eigenvalue weighted by Gasteiger charge is -2.43. The molecular weight excluding hydrogens is 217 g/mol. The molecule has 0 spiro atoms. The van der Waals surface area contributed by atoms with Crippen LogP contribution in [0.15, 0.2) is 18.2 Å². The lowest BCUT2D eigenvalue weighted by atomic mass is 10.1. The van der Waals surface area contributed by atoms with Gasteiger partial charge in [0.05, 0.1) is 11.4 Å². The van der Waals surface area contributed by atoms with Crippen LogP contribution in [0.5, 0.6) is 0 Å². The highest BCUT2D eigenvalue weighted by atomic mass is 19.1. The largest absolute Gasteiger partial charge is 0.397 e. The number of hydrogen-bond donors (Lipinski definition) is 1. The Morgan fingerprint density at radius 3 is 2.35 bits per heavy atom. The van der Waals surface area contributed by atoms with Gasteiger partial charge in [-0.2, -0.15) is 0 Å². The Kier molecular flexibility index (Phi) is 3.24. The van der Waals surface area contributed by atoms with Gasteiger partial charge in [0.15, 0.2) is 0 Å². The van der Waals surface area contributed by atoms with Gasteiger partial charge in [-0.05, 0) is 39.1 Å². The molecule has 2 unspecified atom stereocenters. The third-order valence-corrected chi connectivity index (χ3v) is 3.69. The molecule has 94 valence electrons. The Hall–Kier alpha value is -1.29. The summed E-state index contributed by atoms with van der Waals surface area (Å²) in [6, 6.07) is 5.59. The van der Waals surface area contributed by atoms with Crippen LogP contribution in [0.1, 0.15) is 13.8 Å². The summed E-state index contributed by atoms with van der Waals surface area (Å²) in [6.45, 7) is 6.25. The van der Waals surface area contributed by atoms with Crippen molar-refractivity contribution in [2.45, 2.75) is 25.9 Å². The van der Waals surface area contributed by atoms with E-state index in [1.54, 1.807) is 6.07 Å². The van der Waals surface area contributed by atoms with Crippen molar-refractivity contribution in [3.63, 3.8) is 0 Å². The molecule has 0 radical (unpaired) electrons. The summed E-state index contributed by atoms with van der Waals surface area (Å²) < 4.78 is 13.0. The van der Waals surface area contributed by atoms with Crippen molar-refractivity contribution in [3.05, 3.63) is 24.0 Å². The van der Waals surface area contributed by atoms with Gasteiger partial charge < -0.3 is 10.6 Å². The molecule has 1 aliphatic rings. The standard InChI is InChI=1S/C13H20FN3/c1-9-7-17(8-10(2)16(9)3)13-5-4-11(14)6-12(13)15/h4-6,9-10H,7-8,15H2,1-3H3. The summed E-state index contributed by atoms with van der Waals surface area (Å²) in [5.74, 6) is -0.276. The highest BCUT2D eigenvalue weighted by molar-refractivity contribution is 5.67. The third-order valence-electron chi connectivity index (χ3n) is 3.69. The van der Waals surface area contributed by atoms with Crippen molar-refractivity contribution in [2.24, 2.45) is 0 Å². The van der Waals surface area contributed by atoms with Gasteiger partial charge in [-0.15, -0.1) is 0 Å². The van der Waals surface area contributed by atoms with Crippen LogP contribution in [-0.2, 0) is 0 Å². The fourth-order valence-corrected chi connectivity index (χ4v) is 2.41. The summed E-state index contributed by atoms with van der Waals surface area (Å²) >= 11 is 0. The lowest BCUT2D eigenvalue weighted by molar-refractivity contribution is 0.170. The molecule has 0 amide bonds. The van der Waals surface area contributed by atoms with Gasteiger partial charge in [0.25, 0.3) is 0 Å². The van der Waals surface area contributed by atoms with Crippen molar-refractivity contribution in [1.29, 1.82) is 0 Å². The summed E-state index contributed by atoms with van der Waals surface area (Å²) in [4.78, 5) is 4.60.